The Kier molecular flexibility index (Phi) is 6.15. The summed E-state index contributed by atoms with van der Waals surface area (Å²) in [6.07, 6.45) is 1.52. The first-order valence-electron chi connectivity index (χ1n) is 9.55. The zero-order chi connectivity index (χ0) is 23.0. The molecular formula is C23H17Cl2N3O3S. The third-order valence-electron chi connectivity index (χ3n) is 4.75. The molecule has 32 heavy (non-hydrogen) atoms. The largest absolute Gasteiger partial charge is 0.402 e. The van der Waals surface area contributed by atoms with Crippen molar-refractivity contribution in [2.45, 2.75) is 20.8 Å². The van der Waals surface area contributed by atoms with Crippen LogP contribution in [0.1, 0.15) is 29.3 Å². The Balaban J connectivity index is 1.68. The van der Waals surface area contributed by atoms with Crippen molar-refractivity contribution in [3.05, 3.63) is 79.9 Å². The van der Waals surface area contributed by atoms with E-state index in [4.69, 9.17) is 27.9 Å². The molecule has 0 unspecified atom stereocenters. The van der Waals surface area contributed by atoms with Crippen molar-refractivity contribution >= 4 is 69.2 Å². The first-order chi connectivity index (χ1) is 15.2. The predicted octanol–water partition coefficient (Wildman–Crippen LogP) is 6.10. The van der Waals surface area contributed by atoms with Gasteiger partial charge in [0.2, 0.25) is 11.8 Å². The average molecular weight is 486 g/mol. The summed E-state index contributed by atoms with van der Waals surface area (Å²) in [4.78, 5) is 35.2. The average Bonchev–Trinajstić information content (AvgIpc) is 3.31. The second-order valence-electron chi connectivity index (χ2n) is 7.11. The molecule has 0 atom stereocenters. The second-order valence-corrected chi connectivity index (χ2v) is 8.79. The van der Waals surface area contributed by atoms with Gasteiger partial charge in [0.1, 0.15) is 0 Å². The van der Waals surface area contributed by atoms with Gasteiger partial charge < -0.3 is 4.74 Å². The fourth-order valence-corrected chi connectivity index (χ4v) is 4.64. The van der Waals surface area contributed by atoms with E-state index in [0.717, 1.165) is 16.8 Å². The number of para-hydroxylation sites is 1. The van der Waals surface area contributed by atoms with Crippen molar-refractivity contribution in [1.82, 2.24) is 4.98 Å². The molecule has 162 valence electrons. The zero-order valence-corrected chi connectivity index (χ0v) is 19.7. The van der Waals surface area contributed by atoms with E-state index in [1.54, 1.807) is 28.5 Å². The summed E-state index contributed by atoms with van der Waals surface area (Å²) in [6.45, 7) is 5.38. The first-order valence-corrected chi connectivity index (χ1v) is 11.2. The number of aromatic nitrogens is 1. The van der Waals surface area contributed by atoms with Crippen LogP contribution in [-0.4, -0.2) is 22.8 Å². The number of nitrogens with zero attached hydrogens (tertiary/aromatic N) is 3. The van der Waals surface area contributed by atoms with Gasteiger partial charge in [0.15, 0.2) is 10.8 Å². The quantitative estimate of drug-likeness (QED) is 0.330. The number of halogens is 2. The van der Waals surface area contributed by atoms with Crippen molar-refractivity contribution in [3.63, 3.8) is 0 Å². The Hall–Kier alpha value is -3.00. The molecule has 4 rings (SSSR count). The first kappa shape index (κ1) is 22.2. The molecule has 1 aliphatic heterocycles. The molecule has 3 aromatic rings. The molecule has 0 N–H and O–H groups in total. The third kappa shape index (κ3) is 4.32. The Morgan fingerprint density at radius 3 is 2.53 bits per heavy atom. The molecule has 1 aliphatic rings. The van der Waals surface area contributed by atoms with Crippen LogP contribution in [0.2, 0.25) is 10.0 Å². The van der Waals surface area contributed by atoms with Crippen LogP contribution in [0, 0.1) is 13.8 Å². The monoisotopic (exact) mass is 485 g/mol. The number of amides is 1. The van der Waals surface area contributed by atoms with E-state index in [1.165, 1.54) is 24.3 Å². The van der Waals surface area contributed by atoms with Gasteiger partial charge in [-0.2, -0.15) is 0 Å². The summed E-state index contributed by atoms with van der Waals surface area (Å²) in [6, 6.07) is 10.7. The SMILES string of the molecule is CC(=O)N(c1nc(/C=C2\N=C(c3ccc(Cl)cc3Cl)OC2=O)cs1)c1c(C)cccc1C. The smallest absolute Gasteiger partial charge is 0.363 e. The Labute approximate surface area is 198 Å². The number of esters is 1. The van der Waals surface area contributed by atoms with Gasteiger partial charge in [0.05, 0.1) is 22.0 Å². The standard InChI is InChI=1S/C23H17Cl2N3O3S/c1-12-5-4-6-13(2)20(12)28(14(3)29)23-26-16(11-32-23)10-19-22(30)31-21(27-19)17-8-7-15(24)9-18(17)25/h4-11H,1-3H3/b19-10-. The van der Waals surface area contributed by atoms with Crippen LogP contribution < -0.4 is 4.90 Å². The van der Waals surface area contributed by atoms with Gasteiger partial charge in [-0.3, -0.25) is 9.69 Å². The molecule has 0 saturated carbocycles. The molecule has 9 heteroatoms. The van der Waals surface area contributed by atoms with E-state index in [0.29, 0.717) is 26.4 Å². The number of anilines is 2. The highest BCUT2D eigenvalue weighted by Crippen LogP contribution is 2.34. The lowest BCUT2D eigenvalue weighted by molar-refractivity contribution is -0.130. The van der Waals surface area contributed by atoms with E-state index in [1.807, 2.05) is 32.0 Å². The number of thiazole rings is 1. The van der Waals surface area contributed by atoms with Gasteiger partial charge in [-0.25, -0.2) is 14.8 Å². The van der Waals surface area contributed by atoms with Gasteiger partial charge in [0.25, 0.3) is 0 Å². The summed E-state index contributed by atoms with van der Waals surface area (Å²) in [5.74, 6) is -0.674. The molecule has 0 bridgehead atoms. The highest BCUT2D eigenvalue weighted by atomic mass is 35.5. The number of rotatable bonds is 4. The summed E-state index contributed by atoms with van der Waals surface area (Å²) < 4.78 is 5.27. The third-order valence-corrected chi connectivity index (χ3v) is 6.14. The minimum Gasteiger partial charge on any atom is -0.402 e. The minimum absolute atomic E-state index is 0.0873. The fraction of sp³-hybridized carbons (Fsp3) is 0.130. The van der Waals surface area contributed by atoms with Crippen LogP contribution in [-0.2, 0) is 14.3 Å². The molecule has 1 amide bonds. The van der Waals surface area contributed by atoms with Crippen LogP contribution in [0.25, 0.3) is 6.08 Å². The topological polar surface area (TPSA) is 71.9 Å². The number of aryl methyl sites for hydroxylation is 2. The molecule has 0 saturated heterocycles. The maximum atomic E-state index is 12.5. The van der Waals surface area contributed by atoms with Crippen molar-refractivity contribution < 1.29 is 14.3 Å². The summed E-state index contributed by atoms with van der Waals surface area (Å²) >= 11 is 13.4. The predicted molar refractivity (Wildman–Crippen MR) is 128 cm³/mol. The number of aliphatic imine (C=N–C) groups is 1. The maximum absolute atomic E-state index is 12.5. The fourth-order valence-electron chi connectivity index (χ4n) is 3.32. The zero-order valence-electron chi connectivity index (χ0n) is 17.3. The highest BCUT2D eigenvalue weighted by Gasteiger charge is 2.27. The lowest BCUT2D eigenvalue weighted by Gasteiger charge is -2.22. The summed E-state index contributed by atoms with van der Waals surface area (Å²) in [5.41, 5.74) is 3.76. The molecule has 0 fully saturated rings. The molecule has 0 aliphatic carbocycles. The molecule has 2 aromatic carbocycles. The van der Waals surface area contributed by atoms with Crippen molar-refractivity contribution in [1.29, 1.82) is 0 Å². The molecule has 1 aromatic heterocycles. The van der Waals surface area contributed by atoms with Gasteiger partial charge in [-0.1, -0.05) is 41.4 Å². The van der Waals surface area contributed by atoms with Gasteiger partial charge in [-0.15, -0.1) is 11.3 Å². The maximum Gasteiger partial charge on any atom is 0.363 e. The molecule has 0 radical (unpaired) electrons. The number of cyclic esters (lactones) is 1. The van der Waals surface area contributed by atoms with Crippen LogP contribution in [0.5, 0.6) is 0 Å². The number of hydrogen-bond acceptors (Lipinski definition) is 6. The van der Waals surface area contributed by atoms with Crippen LogP contribution >= 0.6 is 34.5 Å². The number of carbonyl (C=O) groups excluding carboxylic acids is 2. The lowest BCUT2D eigenvalue weighted by atomic mass is 10.1. The Bertz CT molecular complexity index is 1290. The Morgan fingerprint density at radius 1 is 1.16 bits per heavy atom. The van der Waals surface area contributed by atoms with Crippen LogP contribution in [0.15, 0.2) is 52.5 Å². The highest BCUT2D eigenvalue weighted by molar-refractivity contribution is 7.14. The van der Waals surface area contributed by atoms with Crippen molar-refractivity contribution in [2.24, 2.45) is 4.99 Å². The molecular weight excluding hydrogens is 469 g/mol. The summed E-state index contributed by atoms with van der Waals surface area (Å²) in [5, 5.41) is 3.04. The Morgan fingerprint density at radius 2 is 1.88 bits per heavy atom. The number of hydrogen-bond donors (Lipinski definition) is 0. The number of carbonyl (C=O) groups is 2. The van der Waals surface area contributed by atoms with E-state index >= 15 is 0 Å². The molecule has 6 nitrogen and oxygen atoms in total. The normalized spacial score (nSPS) is 14.5. The van der Waals surface area contributed by atoms with Crippen LogP contribution in [0.3, 0.4) is 0 Å². The lowest BCUT2D eigenvalue weighted by Crippen LogP contribution is -2.24. The molecule has 2 heterocycles. The summed E-state index contributed by atoms with van der Waals surface area (Å²) in [7, 11) is 0. The number of ether oxygens (including phenoxy) is 1. The van der Waals surface area contributed by atoms with Crippen LogP contribution in [0.4, 0.5) is 10.8 Å². The van der Waals surface area contributed by atoms with Gasteiger partial charge in [-0.05, 0) is 49.2 Å². The van der Waals surface area contributed by atoms with Crippen molar-refractivity contribution in [2.75, 3.05) is 4.90 Å². The van der Waals surface area contributed by atoms with Gasteiger partial charge >= 0.3 is 5.97 Å². The minimum atomic E-state index is -0.612. The second kappa shape index (κ2) is 8.86. The van der Waals surface area contributed by atoms with E-state index in [9.17, 15) is 9.59 Å². The number of benzene rings is 2. The van der Waals surface area contributed by atoms with E-state index in [2.05, 4.69) is 9.98 Å². The van der Waals surface area contributed by atoms with Crippen molar-refractivity contribution in [3.8, 4) is 0 Å². The van der Waals surface area contributed by atoms with Gasteiger partial charge in [0, 0.05) is 17.3 Å². The molecule has 0 spiro atoms. The van der Waals surface area contributed by atoms with E-state index in [-0.39, 0.29) is 17.5 Å². The van der Waals surface area contributed by atoms with E-state index < -0.39 is 5.97 Å².